The molecule has 0 unspecified atom stereocenters. The highest BCUT2D eigenvalue weighted by molar-refractivity contribution is 5.80. The molecule has 34 heavy (non-hydrogen) atoms. The topological polar surface area (TPSA) is 79.7 Å². The zero-order valence-corrected chi connectivity index (χ0v) is 18.8. The Hall–Kier alpha value is -4.26. The van der Waals surface area contributed by atoms with Crippen LogP contribution in [-0.4, -0.2) is 31.7 Å². The third-order valence-electron chi connectivity index (χ3n) is 6.54. The lowest BCUT2D eigenvalue weighted by Gasteiger charge is -2.29. The Morgan fingerprint density at radius 2 is 1.82 bits per heavy atom. The predicted octanol–water partition coefficient (Wildman–Crippen LogP) is 4.02. The van der Waals surface area contributed by atoms with E-state index in [1.54, 1.807) is 4.68 Å². The fourth-order valence-electron chi connectivity index (χ4n) is 4.89. The molecule has 0 saturated heterocycles. The van der Waals surface area contributed by atoms with Crippen LogP contribution in [-0.2, 0) is 13.0 Å². The van der Waals surface area contributed by atoms with E-state index in [-0.39, 0.29) is 5.56 Å². The molecule has 1 aliphatic heterocycles. The molecular weight excluding hydrogens is 424 g/mol. The minimum atomic E-state index is -0.420. The third-order valence-corrected chi connectivity index (χ3v) is 6.54. The number of anilines is 1. The second-order valence-corrected chi connectivity index (χ2v) is 8.80. The van der Waals surface area contributed by atoms with E-state index in [9.17, 15) is 4.79 Å². The summed E-state index contributed by atoms with van der Waals surface area (Å²) in [4.78, 5) is 18.8. The monoisotopic (exact) mass is 448 g/mol. The van der Waals surface area contributed by atoms with E-state index >= 15 is 0 Å². The average Bonchev–Trinajstić information content (AvgIpc) is 3.48. The summed E-state index contributed by atoms with van der Waals surface area (Å²) >= 11 is 0. The van der Waals surface area contributed by atoms with Gasteiger partial charge >= 0.3 is 0 Å². The molecular formula is C27H24N6O. The molecule has 3 aromatic carbocycles. The van der Waals surface area contributed by atoms with Crippen LogP contribution in [0.2, 0.25) is 0 Å². The Labute approximate surface area is 196 Å². The van der Waals surface area contributed by atoms with Crippen LogP contribution >= 0.6 is 0 Å². The number of nitrogens with zero attached hydrogens (tertiary/aromatic N) is 5. The van der Waals surface area contributed by atoms with Crippen LogP contribution in [0.15, 0.2) is 83.7 Å². The molecule has 6 rings (SSSR count). The number of rotatable bonds is 5. The number of aromatic nitrogens is 5. The lowest BCUT2D eigenvalue weighted by molar-refractivity contribution is 0.577. The van der Waals surface area contributed by atoms with Gasteiger partial charge in [0, 0.05) is 23.3 Å². The van der Waals surface area contributed by atoms with Crippen molar-refractivity contribution in [3.63, 3.8) is 0 Å². The SMILES string of the molecule is Cc1ccc2cc([C@@H](c3nnnn3Cc3ccccc3)N3CCc4ccccc43)c(=O)[nH]c2c1. The van der Waals surface area contributed by atoms with Gasteiger partial charge in [0.25, 0.3) is 5.56 Å². The molecule has 1 N–H and O–H groups in total. The number of nitrogens with one attached hydrogen (secondary N) is 1. The van der Waals surface area contributed by atoms with E-state index in [0.717, 1.165) is 40.7 Å². The van der Waals surface area contributed by atoms with Gasteiger partial charge in [-0.05, 0) is 64.0 Å². The lowest BCUT2D eigenvalue weighted by atomic mass is 10.0. The van der Waals surface area contributed by atoms with Crippen LogP contribution in [0.25, 0.3) is 10.9 Å². The van der Waals surface area contributed by atoms with Crippen molar-refractivity contribution in [3.05, 3.63) is 117 Å². The minimum absolute atomic E-state index is 0.123. The second-order valence-electron chi connectivity index (χ2n) is 8.80. The van der Waals surface area contributed by atoms with E-state index in [4.69, 9.17) is 0 Å². The van der Waals surface area contributed by atoms with Crippen molar-refractivity contribution in [3.8, 4) is 0 Å². The highest BCUT2D eigenvalue weighted by Crippen LogP contribution is 2.37. The Bertz CT molecular complexity index is 1540. The smallest absolute Gasteiger partial charge is 0.254 e. The summed E-state index contributed by atoms with van der Waals surface area (Å²) < 4.78 is 1.81. The summed E-state index contributed by atoms with van der Waals surface area (Å²) in [5.74, 6) is 0.650. The summed E-state index contributed by atoms with van der Waals surface area (Å²) in [6, 6.07) is 26.1. The maximum atomic E-state index is 13.5. The Kier molecular flexibility index (Phi) is 4.95. The van der Waals surface area contributed by atoms with Gasteiger partial charge in [0.1, 0.15) is 6.04 Å². The standard InChI is InChI=1S/C27H24N6O/c1-18-11-12-21-16-22(27(34)28-23(21)15-18)25(32-14-13-20-9-5-6-10-24(20)32)26-29-30-31-33(26)17-19-7-3-2-4-8-19/h2-12,15-16,25H,13-14,17H2,1H3,(H,28,34)/t25-/m0/s1. The first kappa shape index (κ1) is 20.4. The molecule has 0 aliphatic carbocycles. The van der Waals surface area contributed by atoms with Gasteiger partial charge < -0.3 is 9.88 Å². The largest absolute Gasteiger partial charge is 0.357 e. The third kappa shape index (κ3) is 3.55. The quantitative estimate of drug-likeness (QED) is 0.439. The molecule has 7 nitrogen and oxygen atoms in total. The Balaban J connectivity index is 1.53. The Morgan fingerprint density at radius 3 is 2.71 bits per heavy atom. The maximum absolute atomic E-state index is 13.5. The number of hydrogen-bond donors (Lipinski definition) is 1. The van der Waals surface area contributed by atoms with E-state index in [1.807, 2.05) is 49.4 Å². The molecule has 5 aromatic rings. The number of fused-ring (bicyclic) bond motifs is 2. The van der Waals surface area contributed by atoms with Crippen LogP contribution in [0.1, 0.15) is 34.1 Å². The molecule has 3 heterocycles. The average molecular weight is 449 g/mol. The van der Waals surface area contributed by atoms with Crippen molar-refractivity contribution in [2.75, 3.05) is 11.4 Å². The van der Waals surface area contributed by atoms with Crippen LogP contribution in [0.5, 0.6) is 0 Å². The van der Waals surface area contributed by atoms with Gasteiger partial charge in [-0.1, -0.05) is 60.7 Å². The van der Waals surface area contributed by atoms with Crippen LogP contribution < -0.4 is 10.5 Å². The van der Waals surface area contributed by atoms with E-state index in [1.165, 1.54) is 5.56 Å². The highest BCUT2D eigenvalue weighted by atomic mass is 16.1. The number of aryl methyl sites for hydroxylation is 1. The van der Waals surface area contributed by atoms with Crippen LogP contribution in [0, 0.1) is 6.92 Å². The maximum Gasteiger partial charge on any atom is 0.254 e. The van der Waals surface area contributed by atoms with E-state index in [2.05, 4.69) is 61.8 Å². The molecule has 7 heteroatoms. The van der Waals surface area contributed by atoms with Gasteiger partial charge in [-0.15, -0.1) is 5.10 Å². The number of tetrazole rings is 1. The number of benzene rings is 3. The van der Waals surface area contributed by atoms with Crippen LogP contribution in [0.3, 0.4) is 0 Å². The van der Waals surface area contributed by atoms with Gasteiger partial charge in [0.05, 0.1) is 6.54 Å². The lowest BCUT2D eigenvalue weighted by Crippen LogP contribution is -2.34. The fraction of sp³-hybridized carbons (Fsp3) is 0.185. The summed E-state index contributed by atoms with van der Waals surface area (Å²) in [6.07, 6.45) is 0.914. The Morgan fingerprint density at radius 1 is 1.00 bits per heavy atom. The minimum Gasteiger partial charge on any atom is -0.357 e. The number of aromatic amines is 1. The normalized spacial score (nSPS) is 13.9. The first-order chi connectivity index (χ1) is 16.7. The molecule has 1 atom stereocenters. The zero-order valence-electron chi connectivity index (χ0n) is 18.8. The number of hydrogen-bond acceptors (Lipinski definition) is 5. The number of pyridine rings is 1. The van der Waals surface area contributed by atoms with Crippen LogP contribution in [0.4, 0.5) is 5.69 Å². The van der Waals surface area contributed by atoms with Crippen molar-refractivity contribution < 1.29 is 0 Å². The highest BCUT2D eigenvalue weighted by Gasteiger charge is 2.34. The van der Waals surface area contributed by atoms with Crippen molar-refractivity contribution in [2.24, 2.45) is 0 Å². The van der Waals surface area contributed by atoms with Gasteiger partial charge in [-0.2, -0.15) is 0 Å². The van der Waals surface area contributed by atoms with Crippen molar-refractivity contribution in [1.82, 2.24) is 25.2 Å². The molecule has 1 aliphatic rings. The van der Waals surface area contributed by atoms with Crippen molar-refractivity contribution in [1.29, 1.82) is 0 Å². The summed E-state index contributed by atoms with van der Waals surface area (Å²) in [5, 5.41) is 13.8. The summed E-state index contributed by atoms with van der Waals surface area (Å²) in [7, 11) is 0. The van der Waals surface area contributed by atoms with Gasteiger partial charge in [0.15, 0.2) is 5.82 Å². The predicted molar refractivity (Wildman–Crippen MR) is 132 cm³/mol. The van der Waals surface area contributed by atoms with E-state index in [0.29, 0.717) is 17.9 Å². The number of para-hydroxylation sites is 1. The van der Waals surface area contributed by atoms with Crippen molar-refractivity contribution >= 4 is 16.6 Å². The van der Waals surface area contributed by atoms with Gasteiger partial charge in [-0.25, -0.2) is 4.68 Å². The molecule has 168 valence electrons. The molecule has 0 radical (unpaired) electrons. The molecule has 0 saturated carbocycles. The first-order valence-electron chi connectivity index (χ1n) is 11.5. The first-order valence-corrected chi connectivity index (χ1v) is 11.5. The zero-order chi connectivity index (χ0) is 23.1. The summed E-state index contributed by atoms with van der Waals surface area (Å²) in [5.41, 5.74) is 5.93. The molecule has 0 fully saturated rings. The molecule has 2 aromatic heterocycles. The molecule has 0 amide bonds. The van der Waals surface area contributed by atoms with E-state index < -0.39 is 6.04 Å². The molecule has 0 bridgehead atoms. The van der Waals surface area contributed by atoms with Crippen molar-refractivity contribution in [2.45, 2.75) is 25.9 Å². The number of H-pyrrole nitrogens is 1. The second kappa shape index (κ2) is 8.26. The fourth-order valence-corrected chi connectivity index (χ4v) is 4.89. The van der Waals surface area contributed by atoms with Gasteiger partial charge in [-0.3, -0.25) is 4.79 Å². The molecule has 0 spiro atoms. The summed E-state index contributed by atoms with van der Waals surface area (Å²) in [6.45, 7) is 3.33. The van der Waals surface area contributed by atoms with Gasteiger partial charge in [0.2, 0.25) is 0 Å².